The second-order valence-corrected chi connectivity index (χ2v) is 3.99. The standard InChI is InChI=1S/C10H13Br/c1-2-10(11)8-9-6-4-3-5-7-9/h3-7,10H,2,8H2,1H3/t10-/m0/s1. The van der Waals surface area contributed by atoms with E-state index in [4.69, 9.17) is 0 Å². The van der Waals surface area contributed by atoms with E-state index in [0.29, 0.717) is 4.83 Å². The van der Waals surface area contributed by atoms with Crippen LogP contribution in [-0.4, -0.2) is 4.83 Å². The van der Waals surface area contributed by atoms with Crippen LogP contribution in [0.2, 0.25) is 0 Å². The molecule has 0 amide bonds. The first-order valence-corrected chi connectivity index (χ1v) is 4.92. The molecule has 0 saturated heterocycles. The first kappa shape index (κ1) is 8.79. The fourth-order valence-corrected chi connectivity index (χ4v) is 1.39. The van der Waals surface area contributed by atoms with Crippen LogP contribution in [0.5, 0.6) is 0 Å². The largest absolute Gasteiger partial charge is 0.0887 e. The van der Waals surface area contributed by atoms with E-state index in [1.54, 1.807) is 0 Å². The SMILES string of the molecule is CC[C@H](Br)Cc1ccccc1. The molecule has 11 heavy (non-hydrogen) atoms. The molecule has 0 N–H and O–H groups in total. The Balaban J connectivity index is 2.51. The molecule has 0 fully saturated rings. The Labute approximate surface area is 76.8 Å². The Morgan fingerprint density at radius 2 is 1.91 bits per heavy atom. The monoisotopic (exact) mass is 212 g/mol. The molecule has 0 saturated carbocycles. The number of benzene rings is 1. The summed E-state index contributed by atoms with van der Waals surface area (Å²) in [6, 6.07) is 10.6. The number of hydrogen-bond donors (Lipinski definition) is 0. The number of hydrogen-bond acceptors (Lipinski definition) is 0. The van der Waals surface area contributed by atoms with E-state index in [0.717, 1.165) is 6.42 Å². The summed E-state index contributed by atoms with van der Waals surface area (Å²) in [6.45, 7) is 2.20. The molecular formula is C10H13Br. The van der Waals surface area contributed by atoms with E-state index in [-0.39, 0.29) is 0 Å². The van der Waals surface area contributed by atoms with Crippen LogP contribution in [0.25, 0.3) is 0 Å². The van der Waals surface area contributed by atoms with Crippen LogP contribution in [0.15, 0.2) is 30.3 Å². The van der Waals surface area contributed by atoms with E-state index in [1.165, 1.54) is 12.0 Å². The zero-order chi connectivity index (χ0) is 8.10. The molecule has 1 aromatic carbocycles. The van der Waals surface area contributed by atoms with E-state index >= 15 is 0 Å². The van der Waals surface area contributed by atoms with Gasteiger partial charge in [-0.1, -0.05) is 53.2 Å². The molecule has 0 bridgehead atoms. The van der Waals surface area contributed by atoms with Crippen molar-refractivity contribution in [1.29, 1.82) is 0 Å². The van der Waals surface area contributed by atoms with Crippen molar-refractivity contribution in [2.24, 2.45) is 0 Å². The molecule has 0 aromatic heterocycles. The van der Waals surface area contributed by atoms with Crippen LogP contribution in [0.4, 0.5) is 0 Å². The maximum absolute atomic E-state index is 3.61. The van der Waals surface area contributed by atoms with E-state index in [9.17, 15) is 0 Å². The summed E-state index contributed by atoms with van der Waals surface area (Å²) in [5.41, 5.74) is 1.41. The van der Waals surface area contributed by atoms with Gasteiger partial charge in [-0.3, -0.25) is 0 Å². The van der Waals surface area contributed by atoms with Gasteiger partial charge < -0.3 is 0 Å². The summed E-state index contributed by atoms with van der Waals surface area (Å²) >= 11 is 3.61. The van der Waals surface area contributed by atoms with Crippen molar-refractivity contribution in [2.45, 2.75) is 24.6 Å². The van der Waals surface area contributed by atoms with Crippen molar-refractivity contribution in [3.63, 3.8) is 0 Å². The minimum atomic E-state index is 0.630. The molecule has 0 aliphatic carbocycles. The van der Waals surface area contributed by atoms with Gasteiger partial charge in [0, 0.05) is 4.83 Å². The summed E-state index contributed by atoms with van der Waals surface area (Å²) in [6.07, 6.45) is 2.33. The van der Waals surface area contributed by atoms with E-state index in [1.807, 2.05) is 0 Å². The minimum absolute atomic E-state index is 0.630. The first-order valence-electron chi connectivity index (χ1n) is 4.01. The maximum atomic E-state index is 3.61. The molecule has 0 spiro atoms. The molecule has 1 rings (SSSR count). The maximum Gasteiger partial charge on any atom is 0.0183 e. The Kier molecular flexibility index (Phi) is 3.64. The van der Waals surface area contributed by atoms with E-state index < -0.39 is 0 Å². The average Bonchev–Trinajstić information content (AvgIpc) is 2.06. The molecule has 60 valence electrons. The number of rotatable bonds is 3. The molecule has 1 atom stereocenters. The van der Waals surface area contributed by atoms with Gasteiger partial charge in [0.05, 0.1) is 0 Å². The lowest BCUT2D eigenvalue weighted by atomic mass is 10.1. The second-order valence-electron chi connectivity index (χ2n) is 2.70. The van der Waals surface area contributed by atoms with Crippen molar-refractivity contribution in [2.75, 3.05) is 0 Å². The average molecular weight is 213 g/mol. The van der Waals surface area contributed by atoms with Crippen LogP contribution >= 0.6 is 15.9 Å². The summed E-state index contributed by atoms with van der Waals surface area (Å²) in [5, 5.41) is 0. The van der Waals surface area contributed by atoms with Crippen molar-refractivity contribution < 1.29 is 0 Å². The summed E-state index contributed by atoms with van der Waals surface area (Å²) < 4.78 is 0. The lowest BCUT2D eigenvalue weighted by Crippen LogP contribution is -1.99. The van der Waals surface area contributed by atoms with Crippen molar-refractivity contribution in [3.8, 4) is 0 Å². The quantitative estimate of drug-likeness (QED) is 0.675. The molecule has 1 aromatic rings. The fourth-order valence-electron chi connectivity index (χ4n) is 1.01. The Morgan fingerprint density at radius 1 is 1.27 bits per heavy atom. The Bertz CT molecular complexity index is 193. The number of halogens is 1. The van der Waals surface area contributed by atoms with Crippen LogP contribution in [0.1, 0.15) is 18.9 Å². The first-order chi connectivity index (χ1) is 5.33. The van der Waals surface area contributed by atoms with E-state index in [2.05, 4.69) is 53.2 Å². The predicted molar refractivity (Wildman–Crippen MR) is 53.2 cm³/mol. The molecule has 0 nitrogen and oxygen atoms in total. The zero-order valence-electron chi connectivity index (χ0n) is 6.76. The van der Waals surface area contributed by atoms with Gasteiger partial charge in [-0.2, -0.15) is 0 Å². The lowest BCUT2D eigenvalue weighted by Gasteiger charge is -2.05. The normalized spacial score (nSPS) is 12.9. The molecule has 0 unspecified atom stereocenters. The van der Waals surface area contributed by atoms with Crippen LogP contribution in [-0.2, 0) is 6.42 Å². The molecule has 1 heteroatoms. The molecule has 0 aliphatic heterocycles. The second kappa shape index (κ2) is 4.55. The predicted octanol–water partition coefficient (Wildman–Crippen LogP) is 3.40. The molecule has 0 heterocycles. The van der Waals surface area contributed by atoms with Crippen molar-refractivity contribution in [3.05, 3.63) is 35.9 Å². The Hall–Kier alpha value is -0.300. The number of alkyl halides is 1. The van der Waals surface area contributed by atoms with Gasteiger partial charge in [-0.15, -0.1) is 0 Å². The molecule has 0 aliphatic rings. The highest BCUT2D eigenvalue weighted by Gasteiger charge is 2.00. The third-order valence-electron chi connectivity index (χ3n) is 1.74. The van der Waals surface area contributed by atoms with Crippen LogP contribution < -0.4 is 0 Å². The van der Waals surface area contributed by atoms with Crippen molar-refractivity contribution in [1.82, 2.24) is 0 Å². The fraction of sp³-hybridized carbons (Fsp3) is 0.400. The third-order valence-corrected chi connectivity index (χ3v) is 2.71. The van der Waals surface area contributed by atoms with Gasteiger partial charge in [0.1, 0.15) is 0 Å². The van der Waals surface area contributed by atoms with Gasteiger partial charge in [0.15, 0.2) is 0 Å². The van der Waals surface area contributed by atoms with Gasteiger partial charge >= 0.3 is 0 Å². The Morgan fingerprint density at radius 3 is 2.45 bits per heavy atom. The lowest BCUT2D eigenvalue weighted by molar-refractivity contribution is 0.830. The highest BCUT2D eigenvalue weighted by molar-refractivity contribution is 9.09. The summed E-state index contributed by atoms with van der Waals surface area (Å²) in [5.74, 6) is 0. The minimum Gasteiger partial charge on any atom is -0.0887 e. The van der Waals surface area contributed by atoms with Gasteiger partial charge in [-0.05, 0) is 18.4 Å². The highest BCUT2D eigenvalue weighted by Crippen LogP contribution is 2.12. The van der Waals surface area contributed by atoms with Crippen molar-refractivity contribution >= 4 is 15.9 Å². The zero-order valence-corrected chi connectivity index (χ0v) is 8.34. The summed E-state index contributed by atoms with van der Waals surface area (Å²) in [7, 11) is 0. The van der Waals surface area contributed by atoms with Crippen LogP contribution in [0, 0.1) is 0 Å². The third kappa shape index (κ3) is 3.06. The van der Waals surface area contributed by atoms with Gasteiger partial charge in [0.2, 0.25) is 0 Å². The van der Waals surface area contributed by atoms with Gasteiger partial charge in [-0.25, -0.2) is 0 Å². The molecular weight excluding hydrogens is 200 g/mol. The van der Waals surface area contributed by atoms with Gasteiger partial charge in [0.25, 0.3) is 0 Å². The highest BCUT2D eigenvalue weighted by atomic mass is 79.9. The van der Waals surface area contributed by atoms with Crippen LogP contribution in [0.3, 0.4) is 0 Å². The smallest absolute Gasteiger partial charge is 0.0183 e. The topological polar surface area (TPSA) is 0 Å². The summed E-state index contributed by atoms with van der Waals surface area (Å²) in [4.78, 5) is 0.630. The molecule has 0 radical (unpaired) electrons.